The number of aryl methyl sites for hydroxylation is 1. The Balaban J connectivity index is 1.83. The third kappa shape index (κ3) is 3.37. The van der Waals surface area contributed by atoms with Crippen LogP contribution in [0.25, 0.3) is 0 Å². The monoisotopic (exact) mass is 237 g/mol. The molecule has 0 amide bonds. The largest absolute Gasteiger partial charge is 0.369 e. The van der Waals surface area contributed by atoms with Crippen LogP contribution in [0, 0.1) is 0 Å². The molecule has 0 bridgehead atoms. The maximum Gasteiger partial charge on any atom is 0.129 e. The number of nitrogens with one attached hydrogen (secondary N) is 1. The zero-order valence-corrected chi connectivity index (χ0v) is 10.6. The van der Waals surface area contributed by atoms with Crippen molar-refractivity contribution < 1.29 is 0 Å². The minimum Gasteiger partial charge on any atom is -0.369 e. The lowest BCUT2D eigenvalue weighted by Gasteiger charge is -2.21. The van der Waals surface area contributed by atoms with E-state index in [1.165, 1.54) is 25.0 Å². The highest BCUT2D eigenvalue weighted by atomic mass is 32.2. The third-order valence-corrected chi connectivity index (χ3v) is 4.27. The highest BCUT2D eigenvalue weighted by Crippen LogP contribution is 2.25. The van der Waals surface area contributed by atoms with Crippen LogP contribution in [0.15, 0.2) is 12.4 Å². The zero-order chi connectivity index (χ0) is 11.2. The first-order valence-electron chi connectivity index (χ1n) is 6.05. The van der Waals surface area contributed by atoms with Crippen LogP contribution >= 0.6 is 11.8 Å². The van der Waals surface area contributed by atoms with Crippen molar-refractivity contribution in [3.05, 3.63) is 18.1 Å². The molecule has 1 saturated heterocycles. The lowest BCUT2D eigenvalue weighted by Crippen LogP contribution is -2.20. The highest BCUT2D eigenvalue weighted by molar-refractivity contribution is 7.99. The topological polar surface area (TPSA) is 37.8 Å². The SMILES string of the molecule is CCc1cc(NCC2CCCCS2)ncn1. The fourth-order valence-corrected chi connectivity index (χ4v) is 3.11. The van der Waals surface area contributed by atoms with Crippen molar-refractivity contribution in [2.24, 2.45) is 0 Å². The van der Waals surface area contributed by atoms with E-state index in [0.717, 1.165) is 29.7 Å². The molecule has 88 valence electrons. The van der Waals surface area contributed by atoms with Crippen LogP contribution in [0.3, 0.4) is 0 Å². The van der Waals surface area contributed by atoms with E-state index in [-0.39, 0.29) is 0 Å². The normalized spacial score (nSPS) is 20.7. The van der Waals surface area contributed by atoms with E-state index in [9.17, 15) is 0 Å². The number of rotatable bonds is 4. The Morgan fingerprint density at radius 2 is 2.38 bits per heavy atom. The molecule has 1 aliphatic rings. The number of nitrogens with zero attached hydrogens (tertiary/aromatic N) is 2. The Kier molecular flexibility index (Phi) is 4.45. The Hall–Kier alpha value is -0.770. The number of hydrogen-bond acceptors (Lipinski definition) is 4. The molecule has 0 saturated carbocycles. The first kappa shape index (κ1) is 11.7. The van der Waals surface area contributed by atoms with Gasteiger partial charge in [0, 0.05) is 23.6 Å². The average Bonchev–Trinajstić information content (AvgIpc) is 2.38. The summed E-state index contributed by atoms with van der Waals surface area (Å²) in [6.45, 7) is 3.15. The summed E-state index contributed by atoms with van der Waals surface area (Å²) >= 11 is 2.09. The molecule has 0 aromatic carbocycles. The van der Waals surface area contributed by atoms with Crippen molar-refractivity contribution in [2.45, 2.75) is 37.9 Å². The molecule has 1 aliphatic heterocycles. The van der Waals surface area contributed by atoms with Gasteiger partial charge in [0.1, 0.15) is 12.1 Å². The maximum absolute atomic E-state index is 4.24. The third-order valence-electron chi connectivity index (χ3n) is 2.87. The first-order chi connectivity index (χ1) is 7.88. The zero-order valence-electron chi connectivity index (χ0n) is 9.78. The van der Waals surface area contributed by atoms with Gasteiger partial charge >= 0.3 is 0 Å². The molecule has 0 radical (unpaired) electrons. The molecule has 1 unspecified atom stereocenters. The van der Waals surface area contributed by atoms with Crippen molar-refractivity contribution >= 4 is 17.6 Å². The number of hydrogen-bond donors (Lipinski definition) is 1. The summed E-state index contributed by atoms with van der Waals surface area (Å²) in [6.07, 6.45) is 6.71. The van der Waals surface area contributed by atoms with Gasteiger partial charge in [-0.3, -0.25) is 0 Å². The summed E-state index contributed by atoms with van der Waals surface area (Å²) in [5, 5.41) is 4.18. The van der Waals surface area contributed by atoms with Gasteiger partial charge < -0.3 is 5.32 Å². The predicted molar refractivity (Wildman–Crippen MR) is 70.0 cm³/mol. The van der Waals surface area contributed by atoms with Crippen LogP contribution in [0.1, 0.15) is 31.9 Å². The van der Waals surface area contributed by atoms with Gasteiger partial charge in [-0.2, -0.15) is 11.8 Å². The fourth-order valence-electron chi connectivity index (χ4n) is 1.87. The van der Waals surface area contributed by atoms with E-state index in [4.69, 9.17) is 0 Å². The van der Waals surface area contributed by atoms with Crippen LogP contribution in [0.2, 0.25) is 0 Å². The molecule has 0 aliphatic carbocycles. The minimum atomic E-state index is 0.758. The summed E-state index contributed by atoms with van der Waals surface area (Å²) in [7, 11) is 0. The van der Waals surface area contributed by atoms with Gasteiger partial charge in [0.25, 0.3) is 0 Å². The molecule has 3 nitrogen and oxygen atoms in total. The lowest BCUT2D eigenvalue weighted by atomic mass is 10.2. The highest BCUT2D eigenvalue weighted by Gasteiger charge is 2.13. The van der Waals surface area contributed by atoms with Gasteiger partial charge in [0.05, 0.1) is 0 Å². The minimum absolute atomic E-state index is 0.758. The van der Waals surface area contributed by atoms with Gasteiger partial charge in [-0.15, -0.1) is 0 Å². The number of aromatic nitrogens is 2. The van der Waals surface area contributed by atoms with Gasteiger partial charge in [-0.1, -0.05) is 13.3 Å². The Morgan fingerprint density at radius 3 is 3.12 bits per heavy atom. The van der Waals surface area contributed by atoms with E-state index >= 15 is 0 Å². The first-order valence-corrected chi connectivity index (χ1v) is 7.09. The summed E-state index contributed by atoms with van der Waals surface area (Å²) < 4.78 is 0. The van der Waals surface area contributed by atoms with Crippen LogP contribution in [-0.4, -0.2) is 27.5 Å². The van der Waals surface area contributed by atoms with Gasteiger partial charge in [0.2, 0.25) is 0 Å². The molecule has 1 N–H and O–H groups in total. The molecular formula is C12H19N3S. The second-order valence-electron chi connectivity index (χ2n) is 4.12. The molecule has 1 atom stereocenters. The molecule has 2 heterocycles. The summed E-state index contributed by atoms with van der Waals surface area (Å²) in [6, 6.07) is 2.05. The Bertz CT molecular complexity index is 324. The van der Waals surface area contributed by atoms with E-state index in [1.54, 1.807) is 6.33 Å². The molecule has 2 rings (SSSR count). The fraction of sp³-hybridized carbons (Fsp3) is 0.667. The smallest absolute Gasteiger partial charge is 0.129 e. The molecule has 1 fully saturated rings. The lowest BCUT2D eigenvalue weighted by molar-refractivity contribution is 0.677. The quantitative estimate of drug-likeness (QED) is 0.874. The van der Waals surface area contributed by atoms with Crippen molar-refractivity contribution in [1.82, 2.24) is 9.97 Å². The van der Waals surface area contributed by atoms with Crippen LogP contribution in [-0.2, 0) is 6.42 Å². The molecule has 16 heavy (non-hydrogen) atoms. The van der Waals surface area contributed by atoms with Crippen molar-refractivity contribution in [2.75, 3.05) is 17.6 Å². The Morgan fingerprint density at radius 1 is 1.44 bits per heavy atom. The van der Waals surface area contributed by atoms with Gasteiger partial charge in [0.15, 0.2) is 0 Å². The summed E-state index contributed by atoms with van der Waals surface area (Å²) in [5.74, 6) is 2.29. The van der Waals surface area contributed by atoms with E-state index < -0.39 is 0 Å². The predicted octanol–water partition coefficient (Wildman–Crippen LogP) is 2.74. The molecule has 1 aromatic heterocycles. The van der Waals surface area contributed by atoms with Crippen LogP contribution in [0.5, 0.6) is 0 Å². The molecular weight excluding hydrogens is 218 g/mol. The number of thioether (sulfide) groups is 1. The second kappa shape index (κ2) is 6.09. The van der Waals surface area contributed by atoms with E-state index in [1.807, 2.05) is 6.07 Å². The average molecular weight is 237 g/mol. The maximum atomic E-state index is 4.24. The molecule has 4 heteroatoms. The molecule has 1 aromatic rings. The summed E-state index contributed by atoms with van der Waals surface area (Å²) in [4.78, 5) is 8.44. The van der Waals surface area contributed by atoms with E-state index in [2.05, 4.69) is 34.0 Å². The van der Waals surface area contributed by atoms with Crippen molar-refractivity contribution in [3.8, 4) is 0 Å². The van der Waals surface area contributed by atoms with Crippen LogP contribution in [0.4, 0.5) is 5.82 Å². The second-order valence-corrected chi connectivity index (χ2v) is 5.53. The van der Waals surface area contributed by atoms with Gasteiger partial charge in [-0.25, -0.2) is 9.97 Å². The molecule has 0 spiro atoms. The van der Waals surface area contributed by atoms with E-state index in [0.29, 0.717) is 0 Å². The van der Waals surface area contributed by atoms with Crippen molar-refractivity contribution in [3.63, 3.8) is 0 Å². The summed E-state index contributed by atoms with van der Waals surface area (Å²) in [5.41, 5.74) is 1.11. The van der Waals surface area contributed by atoms with Gasteiger partial charge in [-0.05, 0) is 25.0 Å². The standard InChI is InChI=1S/C12H19N3S/c1-2-10-7-12(15-9-14-10)13-8-11-5-3-4-6-16-11/h7,9,11H,2-6,8H2,1H3,(H,13,14,15). The Labute approximate surface area is 101 Å². The van der Waals surface area contributed by atoms with Crippen molar-refractivity contribution in [1.29, 1.82) is 0 Å². The number of anilines is 1. The van der Waals surface area contributed by atoms with Crippen LogP contribution < -0.4 is 5.32 Å².